The molecule has 3 aromatic rings. The fraction of sp³-hybridized carbons (Fsp3) is 0.424. The molecular weight excluding hydrogens is 788 g/mol. The van der Waals surface area contributed by atoms with Crippen molar-refractivity contribution >= 4 is 34.2 Å². The second-order valence-corrected chi connectivity index (χ2v) is 12.2. The monoisotopic (exact) mass is 825 g/mol. The Morgan fingerprint density at radius 1 is 0.857 bits per heavy atom. The summed E-state index contributed by atoms with van der Waals surface area (Å²) in [6.45, 7) is 9.09. The first-order chi connectivity index (χ1) is 22.2. The number of esters is 1. The molecule has 0 aliphatic heterocycles. The summed E-state index contributed by atoms with van der Waals surface area (Å²) >= 11 is 1.60. The van der Waals surface area contributed by atoms with Crippen LogP contribution in [0.25, 0.3) is 0 Å². The maximum atomic E-state index is 12.4. The van der Waals surface area contributed by atoms with Crippen LogP contribution in [0.1, 0.15) is 75.0 Å². The van der Waals surface area contributed by atoms with E-state index in [0.29, 0.717) is 5.76 Å². The molecule has 1 heterocycles. The van der Waals surface area contributed by atoms with Crippen LogP contribution in [0.2, 0.25) is 0 Å². The van der Waals surface area contributed by atoms with E-state index >= 15 is 0 Å². The number of furan rings is 1. The lowest BCUT2D eigenvalue weighted by molar-refractivity contribution is -0.154. The van der Waals surface area contributed by atoms with Crippen LogP contribution in [0.3, 0.4) is 0 Å². The summed E-state index contributed by atoms with van der Waals surface area (Å²) in [5.41, 5.74) is 2.26. The molecule has 1 aliphatic carbocycles. The highest BCUT2D eigenvalue weighted by Crippen LogP contribution is 2.39. The zero-order valence-corrected chi connectivity index (χ0v) is 29.5. The van der Waals surface area contributed by atoms with Gasteiger partial charge in [-0.15, -0.1) is 0 Å². The summed E-state index contributed by atoms with van der Waals surface area (Å²) in [6, 6.07) is 8.17. The van der Waals surface area contributed by atoms with Crippen molar-refractivity contribution in [3.63, 3.8) is 0 Å². The SMILES string of the molecule is C1CC1.CC#CC(F)(F)F.CC(C)(C)OC(=O)Cc1ccco1.Cc1c(O)ccc(I)c1C(F)(F)F.Cc1c(O)ccc(N)c1C(F)(F)F. The molecule has 0 spiro atoms. The van der Waals surface area contributed by atoms with Gasteiger partial charge in [0.2, 0.25) is 0 Å². The highest BCUT2D eigenvalue weighted by Gasteiger charge is 2.36. The summed E-state index contributed by atoms with van der Waals surface area (Å²) in [4.78, 5) is 11.2. The Hall–Kier alpha value is -3.75. The number of halogens is 10. The molecule has 0 unspecified atom stereocenters. The number of nitrogens with two attached hydrogens (primary N) is 1. The molecule has 0 atom stereocenters. The van der Waals surface area contributed by atoms with E-state index in [0.717, 1.165) is 25.0 Å². The number of alkyl halides is 9. The number of hydrogen-bond donors (Lipinski definition) is 3. The van der Waals surface area contributed by atoms with Crippen molar-refractivity contribution in [2.24, 2.45) is 0 Å². The second kappa shape index (κ2) is 19.4. The zero-order chi connectivity index (χ0) is 38.4. The second-order valence-electron chi connectivity index (χ2n) is 11.0. The van der Waals surface area contributed by atoms with Gasteiger partial charge >= 0.3 is 24.5 Å². The van der Waals surface area contributed by atoms with Crippen LogP contribution >= 0.6 is 22.6 Å². The average Bonchev–Trinajstić information content (AvgIpc) is 3.71. The Labute approximate surface area is 292 Å². The smallest absolute Gasteiger partial charge is 0.457 e. The maximum absolute atomic E-state index is 12.4. The van der Waals surface area contributed by atoms with Crippen molar-refractivity contribution < 1.29 is 63.7 Å². The van der Waals surface area contributed by atoms with Gasteiger partial charge in [-0.3, -0.25) is 4.79 Å². The van der Waals surface area contributed by atoms with Crippen molar-refractivity contribution in [3.05, 3.63) is 74.2 Å². The lowest BCUT2D eigenvalue weighted by Crippen LogP contribution is -2.24. The van der Waals surface area contributed by atoms with E-state index in [9.17, 15) is 44.3 Å². The highest BCUT2D eigenvalue weighted by atomic mass is 127. The number of anilines is 1. The molecule has 2 aromatic carbocycles. The Morgan fingerprint density at radius 2 is 1.33 bits per heavy atom. The topological polar surface area (TPSA) is 106 Å². The number of carbonyl (C=O) groups excluding carboxylic acids is 1. The molecule has 6 nitrogen and oxygen atoms in total. The molecule has 1 fully saturated rings. The van der Waals surface area contributed by atoms with Gasteiger partial charge in [-0.05, 0) is 101 Å². The standard InChI is InChI=1S/C10H14O3.C8H6F3IO.C8H8F3NO.C4H3F3.C3H6/c1-10(2,3)13-9(11)7-8-5-4-6-12-8;2*1-4-6(13)3-2-5(12)7(4)8(9,10)11;1-2-3-4(5,6)7;1-2-3-1/h4-6H,7H2,1-3H3;2-3,13H,1H3;2-3,13H,12H2,1H3;1H3;1-3H2. The molecule has 16 heteroatoms. The normalized spacial score (nSPS) is 12.1. The van der Waals surface area contributed by atoms with Crippen LogP contribution in [0.15, 0.2) is 47.1 Å². The Morgan fingerprint density at radius 3 is 1.63 bits per heavy atom. The minimum Gasteiger partial charge on any atom is -0.508 e. The first-order valence-electron chi connectivity index (χ1n) is 14.2. The molecule has 1 aromatic heterocycles. The van der Waals surface area contributed by atoms with Crippen molar-refractivity contribution in [1.29, 1.82) is 0 Å². The minimum absolute atomic E-state index is 0.0976. The molecular formula is C33H37F9INO5. The van der Waals surface area contributed by atoms with Crippen molar-refractivity contribution in [2.45, 2.75) is 91.4 Å². The Balaban J connectivity index is 0.000000620. The van der Waals surface area contributed by atoms with Crippen LogP contribution in [-0.4, -0.2) is 28.0 Å². The minimum atomic E-state index is -4.52. The van der Waals surface area contributed by atoms with Gasteiger partial charge in [-0.25, -0.2) is 0 Å². The third kappa shape index (κ3) is 19.7. The highest BCUT2D eigenvalue weighted by molar-refractivity contribution is 14.1. The summed E-state index contributed by atoms with van der Waals surface area (Å²) in [5, 5.41) is 18.1. The molecule has 1 aliphatic rings. The predicted octanol–water partition coefficient (Wildman–Crippen LogP) is 10.5. The summed E-state index contributed by atoms with van der Waals surface area (Å²) in [5.74, 6) is 2.41. The number of hydrogen-bond acceptors (Lipinski definition) is 6. The Kier molecular flexibility index (Phi) is 18.0. The molecule has 0 radical (unpaired) electrons. The summed E-state index contributed by atoms with van der Waals surface area (Å²) in [7, 11) is 0. The number of benzene rings is 2. The number of carbonyl (C=O) groups is 1. The van der Waals surface area contributed by atoms with Gasteiger partial charge in [0.25, 0.3) is 0 Å². The fourth-order valence-electron chi connectivity index (χ4n) is 3.19. The molecule has 0 amide bonds. The van der Waals surface area contributed by atoms with E-state index in [4.69, 9.17) is 25.1 Å². The number of phenolic OH excluding ortho intramolecular Hbond substituents is 2. The predicted molar refractivity (Wildman–Crippen MR) is 174 cm³/mol. The first kappa shape index (κ1) is 45.2. The van der Waals surface area contributed by atoms with E-state index in [-0.39, 0.29) is 38.5 Å². The third-order valence-electron chi connectivity index (χ3n) is 5.36. The first-order valence-corrected chi connectivity index (χ1v) is 15.2. The quantitative estimate of drug-likeness (QED) is 0.0594. The number of rotatable bonds is 2. The van der Waals surface area contributed by atoms with E-state index in [2.05, 4.69) is 0 Å². The molecule has 274 valence electrons. The van der Waals surface area contributed by atoms with Crippen LogP contribution in [0, 0.1) is 29.3 Å². The van der Waals surface area contributed by atoms with Crippen molar-refractivity contribution in [2.75, 3.05) is 5.73 Å². The van der Waals surface area contributed by atoms with Gasteiger partial charge < -0.3 is 25.1 Å². The lowest BCUT2D eigenvalue weighted by atomic mass is 10.1. The van der Waals surface area contributed by atoms with Crippen molar-refractivity contribution in [1.82, 2.24) is 0 Å². The Bertz CT molecular complexity index is 1460. The van der Waals surface area contributed by atoms with Crippen molar-refractivity contribution in [3.8, 4) is 23.3 Å². The van der Waals surface area contributed by atoms with Crippen LogP contribution in [0.5, 0.6) is 11.5 Å². The van der Waals surface area contributed by atoms with E-state index in [1.54, 1.807) is 46.9 Å². The van der Waals surface area contributed by atoms with Gasteiger partial charge in [0, 0.05) is 26.3 Å². The molecule has 4 rings (SSSR count). The van der Waals surface area contributed by atoms with Gasteiger partial charge in [0.1, 0.15) is 29.3 Å². The van der Waals surface area contributed by atoms with Gasteiger partial charge in [0.15, 0.2) is 0 Å². The van der Waals surface area contributed by atoms with Crippen LogP contribution in [0.4, 0.5) is 45.2 Å². The zero-order valence-electron chi connectivity index (χ0n) is 27.3. The van der Waals surface area contributed by atoms with E-state index < -0.39 is 41.0 Å². The van der Waals surface area contributed by atoms with Gasteiger partial charge in [-0.2, -0.15) is 39.5 Å². The molecule has 0 bridgehead atoms. The van der Waals surface area contributed by atoms with E-state index in [1.807, 2.05) is 20.8 Å². The third-order valence-corrected chi connectivity index (χ3v) is 6.26. The van der Waals surface area contributed by atoms with Gasteiger partial charge in [0.05, 0.1) is 17.4 Å². The summed E-state index contributed by atoms with van der Waals surface area (Å²) < 4.78 is 117. The summed E-state index contributed by atoms with van der Waals surface area (Å²) in [6.07, 6.45) is -7.00. The van der Waals surface area contributed by atoms with E-state index in [1.165, 1.54) is 45.2 Å². The van der Waals surface area contributed by atoms with Crippen LogP contribution < -0.4 is 5.73 Å². The lowest BCUT2D eigenvalue weighted by Gasteiger charge is -2.18. The number of nitrogen functional groups attached to an aromatic ring is 1. The average molecular weight is 826 g/mol. The largest absolute Gasteiger partial charge is 0.508 e. The van der Waals surface area contributed by atoms with Gasteiger partial charge in [-0.1, -0.05) is 25.2 Å². The molecule has 0 saturated heterocycles. The fourth-order valence-corrected chi connectivity index (χ4v) is 4.08. The molecule has 49 heavy (non-hydrogen) atoms. The number of ether oxygens (including phenoxy) is 1. The molecule has 4 N–H and O–H groups in total. The number of aromatic hydroxyl groups is 2. The van der Waals surface area contributed by atoms with Crippen LogP contribution in [-0.2, 0) is 28.3 Å². The molecule has 1 saturated carbocycles. The maximum Gasteiger partial charge on any atom is 0.457 e. The number of phenols is 2.